The number of rotatable bonds is 1. The lowest BCUT2D eigenvalue weighted by molar-refractivity contribution is 0.00766. The molecule has 2 aliphatic rings. The molecule has 0 aromatic rings. The van der Waals surface area contributed by atoms with Crippen LogP contribution in [0, 0.1) is 11.8 Å². The van der Waals surface area contributed by atoms with Crippen LogP contribution in [0.5, 0.6) is 0 Å². The van der Waals surface area contributed by atoms with Crippen molar-refractivity contribution in [2.75, 3.05) is 26.3 Å². The Bertz CT molecular complexity index is 167. The average Bonchev–Trinajstić information content (AvgIpc) is 2.60. The van der Waals surface area contributed by atoms with Gasteiger partial charge in [0.15, 0.2) is 0 Å². The average molecular weight is 169 g/mol. The third kappa shape index (κ3) is 1.01. The Kier molecular flexibility index (Phi) is 1.92. The maximum absolute atomic E-state index is 5.35. The largest absolute Gasteiger partial charge is 0.379 e. The van der Waals surface area contributed by atoms with Gasteiger partial charge in [-0.3, -0.25) is 4.90 Å². The van der Waals surface area contributed by atoms with Gasteiger partial charge in [-0.25, -0.2) is 0 Å². The molecule has 1 aliphatic carbocycles. The van der Waals surface area contributed by atoms with Gasteiger partial charge in [0.2, 0.25) is 0 Å². The number of hydrogen-bond acceptors (Lipinski definition) is 2. The van der Waals surface area contributed by atoms with Gasteiger partial charge in [-0.15, -0.1) is 0 Å². The molecule has 12 heavy (non-hydrogen) atoms. The normalized spacial score (nSPS) is 49.2. The molecule has 0 aromatic carbocycles. The quantitative estimate of drug-likeness (QED) is 0.587. The molecule has 0 aromatic heterocycles. The molecular formula is C10H19NO. The van der Waals surface area contributed by atoms with E-state index >= 15 is 0 Å². The fourth-order valence-corrected chi connectivity index (χ4v) is 2.58. The Hall–Kier alpha value is -0.0800. The van der Waals surface area contributed by atoms with E-state index < -0.39 is 0 Å². The second kappa shape index (κ2) is 2.71. The highest BCUT2D eigenvalue weighted by Gasteiger charge is 2.58. The summed E-state index contributed by atoms with van der Waals surface area (Å²) >= 11 is 0. The summed E-state index contributed by atoms with van der Waals surface area (Å²) in [5.41, 5.74) is 0.490. The molecule has 0 spiro atoms. The summed E-state index contributed by atoms with van der Waals surface area (Å²) in [5, 5.41) is 0. The zero-order chi connectivity index (χ0) is 8.77. The van der Waals surface area contributed by atoms with Crippen LogP contribution in [-0.2, 0) is 4.74 Å². The van der Waals surface area contributed by atoms with Crippen molar-refractivity contribution in [2.45, 2.75) is 26.3 Å². The fourth-order valence-electron chi connectivity index (χ4n) is 2.58. The molecule has 70 valence electrons. The zero-order valence-corrected chi connectivity index (χ0v) is 8.34. The third-order valence-electron chi connectivity index (χ3n) is 4.18. The molecular weight excluding hydrogens is 150 g/mol. The van der Waals surface area contributed by atoms with Gasteiger partial charge in [-0.1, -0.05) is 13.8 Å². The van der Waals surface area contributed by atoms with Gasteiger partial charge in [0.25, 0.3) is 0 Å². The van der Waals surface area contributed by atoms with E-state index in [0.29, 0.717) is 5.54 Å². The number of hydrogen-bond donors (Lipinski definition) is 0. The van der Waals surface area contributed by atoms with Crippen molar-refractivity contribution in [1.29, 1.82) is 0 Å². The first-order valence-electron chi connectivity index (χ1n) is 5.00. The van der Waals surface area contributed by atoms with Crippen LogP contribution < -0.4 is 0 Å². The van der Waals surface area contributed by atoms with Crippen LogP contribution in [0.25, 0.3) is 0 Å². The van der Waals surface area contributed by atoms with E-state index in [4.69, 9.17) is 4.74 Å². The van der Waals surface area contributed by atoms with Gasteiger partial charge in [-0.05, 0) is 18.8 Å². The minimum Gasteiger partial charge on any atom is -0.379 e. The summed E-state index contributed by atoms with van der Waals surface area (Å²) in [6.07, 6.45) is 0. The van der Waals surface area contributed by atoms with Gasteiger partial charge in [0, 0.05) is 18.6 Å². The van der Waals surface area contributed by atoms with Gasteiger partial charge < -0.3 is 4.74 Å². The number of morpholine rings is 1. The number of nitrogens with zero attached hydrogens (tertiary/aromatic N) is 1. The fraction of sp³-hybridized carbons (Fsp3) is 1.00. The van der Waals surface area contributed by atoms with Crippen molar-refractivity contribution in [3.05, 3.63) is 0 Å². The molecule has 0 amide bonds. The van der Waals surface area contributed by atoms with Crippen molar-refractivity contribution in [2.24, 2.45) is 11.8 Å². The van der Waals surface area contributed by atoms with Gasteiger partial charge in [0.1, 0.15) is 0 Å². The lowest BCUT2D eigenvalue weighted by Crippen LogP contribution is -2.45. The van der Waals surface area contributed by atoms with Crippen molar-refractivity contribution in [1.82, 2.24) is 4.90 Å². The van der Waals surface area contributed by atoms with Crippen LogP contribution in [-0.4, -0.2) is 36.7 Å². The summed E-state index contributed by atoms with van der Waals surface area (Å²) in [7, 11) is 0. The molecule has 0 bridgehead atoms. The molecule has 2 fully saturated rings. The molecule has 0 radical (unpaired) electrons. The van der Waals surface area contributed by atoms with Crippen molar-refractivity contribution in [3.63, 3.8) is 0 Å². The summed E-state index contributed by atoms with van der Waals surface area (Å²) in [5.74, 6) is 1.74. The van der Waals surface area contributed by atoms with Gasteiger partial charge in [0.05, 0.1) is 13.2 Å². The Morgan fingerprint density at radius 3 is 2.08 bits per heavy atom. The highest BCUT2D eigenvalue weighted by Crippen LogP contribution is 2.53. The topological polar surface area (TPSA) is 12.5 Å². The van der Waals surface area contributed by atoms with E-state index in [1.54, 1.807) is 0 Å². The van der Waals surface area contributed by atoms with Crippen molar-refractivity contribution in [3.8, 4) is 0 Å². The van der Waals surface area contributed by atoms with Crippen LogP contribution in [0.3, 0.4) is 0 Å². The molecule has 1 heterocycles. The van der Waals surface area contributed by atoms with Crippen molar-refractivity contribution >= 4 is 0 Å². The summed E-state index contributed by atoms with van der Waals surface area (Å²) in [6, 6.07) is 0. The highest BCUT2D eigenvalue weighted by atomic mass is 16.5. The SMILES string of the molecule is CC1C(C)C1(C)N1CCOCC1. The highest BCUT2D eigenvalue weighted by molar-refractivity contribution is 5.12. The first kappa shape index (κ1) is 8.52. The summed E-state index contributed by atoms with van der Waals surface area (Å²) in [4.78, 5) is 2.60. The van der Waals surface area contributed by atoms with E-state index in [1.165, 1.54) is 0 Å². The third-order valence-corrected chi connectivity index (χ3v) is 4.18. The van der Waals surface area contributed by atoms with E-state index in [1.807, 2.05) is 0 Å². The first-order valence-corrected chi connectivity index (χ1v) is 5.00. The zero-order valence-electron chi connectivity index (χ0n) is 8.34. The second-order valence-electron chi connectivity index (χ2n) is 4.40. The lowest BCUT2D eigenvalue weighted by Gasteiger charge is -2.33. The monoisotopic (exact) mass is 169 g/mol. The van der Waals surface area contributed by atoms with Gasteiger partial charge in [-0.2, -0.15) is 0 Å². The van der Waals surface area contributed by atoms with E-state index in [0.717, 1.165) is 38.1 Å². The molecule has 2 nitrogen and oxygen atoms in total. The smallest absolute Gasteiger partial charge is 0.0594 e. The Morgan fingerprint density at radius 1 is 1.17 bits per heavy atom. The number of ether oxygens (including phenoxy) is 1. The maximum atomic E-state index is 5.35. The van der Waals surface area contributed by atoms with Crippen LogP contribution in [0.15, 0.2) is 0 Å². The summed E-state index contributed by atoms with van der Waals surface area (Å²) < 4.78 is 5.35. The van der Waals surface area contributed by atoms with E-state index in [-0.39, 0.29) is 0 Å². The lowest BCUT2D eigenvalue weighted by atomic mass is 10.2. The molecule has 1 saturated heterocycles. The Labute approximate surface area is 74.9 Å². The molecule has 2 rings (SSSR count). The molecule has 2 atom stereocenters. The molecule has 2 heteroatoms. The predicted molar refractivity (Wildman–Crippen MR) is 49.1 cm³/mol. The molecule has 2 unspecified atom stereocenters. The Morgan fingerprint density at radius 2 is 1.67 bits per heavy atom. The van der Waals surface area contributed by atoms with Crippen LogP contribution in [0.2, 0.25) is 0 Å². The van der Waals surface area contributed by atoms with E-state index in [9.17, 15) is 0 Å². The maximum Gasteiger partial charge on any atom is 0.0594 e. The minimum atomic E-state index is 0.490. The molecule has 0 N–H and O–H groups in total. The van der Waals surface area contributed by atoms with Crippen molar-refractivity contribution < 1.29 is 4.74 Å². The molecule has 1 aliphatic heterocycles. The van der Waals surface area contributed by atoms with E-state index in [2.05, 4.69) is 25.7 Å². The second-order valence-corrected chi connectivity index (χ2v) is 4.40. The van der Waals surface area contributed by atoms with Gasteiger partial charge >= 0.3 is 0 Å². The standard InChI is InChI=1S/C10H19NO/c1-8-9(2)10(8,3)11-4-6-12-7-5-11/h8-9H,4-7H2,1-3H3. The van der Waals surface area contributed by atoms with Crippen LogP contribution in [0.1, 0.15) is 20.8 Å². The minimum absolute atomic E-state index is 0.490. The molecule has 1 saturated carbocycles. The predicted octanol–water partition coefficient (Wildman–Crippen LogP) is 1.36. The first-order chi connectivity index (χ1) is 5.67. The summed E-state index contributed by atoms with van der Waals surface area (Å²) in [6.45, 7) is 11.2. The van der Waals surface area contributed by atoms with Crippen LogP contribution >= 0.6 is 0 Å². The Balaban J connectivity index is 2.00. The van der Waals surface area contributed by atoms with Crippen LogP contribution in [0.4, 0.5) is 0 Å².